The minimum atomic E-state index is -0.757. The van der Waals surface area contributed by atoms with Crippen LogP contribution >= 0.6 is 0 Å². The number of nitrogens with zero attached hydrogens (tertiary/aromatic N) is 1. The van der Waals surface area contributed by atoms with Crippen molar-refractivity contribution in [1.29, 1.82) is 0 Å². The number of halogens is 1. The second-order valence-electron chi connectivity index (χ2n) is 2.61. The SMILES string of the molecule is NC=C(F)C(N)=Nc1cccc(N)c1. The molecule has 0 aliphatic carbocycles. The number of hydrogen-bond acceptors (Lipinski definition) is 3. The van der Waals surface area contributed by atoms with Crippen LogP contribution in [0.1, 0.15) is 0 Å². The average Bonchev–Trinajstić information content (AvgIpc) is 2.16. The highest BCUT2D eigenvalue weighted by molar-refractivity contribution is 5.96. The lowest BCUT2D eigenvalue weighted by atomic mass is 10.3. The van der Waals surface area contributed by atoms with Gasteiger partial charge in [-0.25, -0.2) is 9.38 Å². The summed E-state index contributed by atoms with van der Waals surface area (Å²) in [6.45, 7) is 0. The molecule has 0 saturated carbocycles. The van der Waals surface area contributed by atoms with Crippen LogP contribution < -0.4 is 17.2 Å². The van der Waals surface area contributed by atoms with Crippen LogP contribution in [0.25, 0.3) is 0 Å². The molecule has 14 heavy (non-hydrogen) atoms. The van der Waals surface area contributed by atoms with Crippen molar-refractivity contribution in [3.8, 4) is 0 Å². The highest BCUT2D eigenvalue weighted by atomic mass is 19.1. The molecule has 1 aromatic carbocycles. The Morgan fingerprint density at radius 1 is 1.43 bits per heavy atom. The van der Waals surface area contributed by atoms with Crippen molar-refractivity contribution in [2.75, 3.05) is 5.73 Å². The third-order valence-electron chi connectivity index (χ3n) is 1.51. The summed E-state index contributed by atoms with van der Waals surface area (Å²) in [6.07, 6.45) is 0.755. The Labute approximate surface area is 80.9 Å². The van der Waals surface area contributed by atoms with Crippen molar-refractivity contribution < 1.29 is 4.39 Å². The van der Waals surface area contributed by atoms with Crippen molar-refractivity contribution >= 4 is 17.2 Å². The molecule has 0 heterocycles. The van der Waals surface area contributed by atoms with E-state index in [1.54, 1.807) is 24.3 Å². The molecule has 0 amide bonds. The fraction of sp³-hybridized carbons (Fsp3) is 0. The third-order valence-corrected chi connectivity index (χ3v) is 1.51. The summed E-state index contributed by atoms with van der Waals surface area (Å²) in [5, 5.41) is 0. The molecule has 0 fully saturated rings. The predicted molar refractivity (Wildman–Crippen MR) is 55.5 cm³/mol. The van der Waals surface area contributed by atoms with Crippen LogP contribution in [0.3, 0.4) is 0 Å². The van der Waals surface area contributed by atoms with Crippen LogP contribution in [0.4, 0.5) is 15.8 Å². The molecule has 0 saturated heterocycles. The van der Waals surface area contributed by atoms with Crippen molar-refractivity contribution in [3.63, 3.8) is 0 Å². The van der Waals surface area contributed by atoms with E-state index in [4.69, 9.17) is 17.2 Å². The summed E-state index contributed by atoms with van der Waals surface area (Å²) in [4.78, 5) is 3.78. The van der Waals surface area contributed by atoms with Crippen LogP contribution in [-0.4, -0.2) is 5.84 Å². The second kappa shape index (κ2) is 4.27. The standard InChI is InChI=1S/C9H11FN4/c10-8(5-11)9(13)14-7-3-1-2-6(12)4-7/h1-5H,11-12H2,(H2,13,14). The molecule has 0 spiro atoms. The number of anilines is 1. The first-order chi connectivity index (χ1) is 6.63. The molecule has 0 aliphatic heterocycles. The number of rotatable bonds is 2. The Morgan fingerprint density at radius 2 is 2.14 bits per heavy atom. The van der Waals surface area contributed by atoms with E-state index in [9.17, 15) is 4.39 Å². The smallest absolute Gasteiger partial charge is 0.180 e. The molecule has 0 aliphatic rings. The van der Waals surface area contributed by atoms with E-state index >= 15 is 0 Å². The monoisotopic (exact) mass is 194 g/mol. The second-order valence-corrected chi connectivity index (χ2v) is 2.61. The van der Waals surface area contributed by atoms with E-state index in [2.05, 4.69) is 4.99 Å². The molecule has 1 rings (SSSR count). The van der Waals surface area contributed by atoms with Gasteiger partial charge in [-0.2, -0.15) is 0 Å². The summed E-state index contributed by atoms with van der Waals surface area (Å²) in [5.74, 6) is -1.02. The lowest BCUT2D eigenvalue weighted by Crippen LogP contribution is -2.12. The molecule has 0 aromatic heterocycles. The first kappa shape index (κ1) is 10.0. The number of amidine groups is 1. The Bertz CT molecular complexity index is 384. The van der Waals surface area contributed by atoms with E-state index < -0.39 is 5.83 Å². The highest BCUT2D eigenvalue weighted by Gasteiger charge is 1.99. The maximum Gasteiger partial charge on any atom is 0.180 e. The zero-order valence-corrected chi connectivity index (χ0v) is 7.44. The molecule has 1 aromatic rings. The van der Waals surface area contributed by atoms with Gasteiger partial charge in [0.2, 0.25) is 0 Å². The van der Waals surface area contributed by atoms with Gasteiger partial charge in [-0.1, -0.05) is 6.07 Å². The Balaban J connectivity index is 2.97. The van der Waals surface area contributed by atoms with Crippen molar-refractivity contribution in [1.82, 2.24) is 0 Å². The van der Waals surface area contributed by atoms with E-state index in [1.807, 2.05) is 0 Å². The van der Waals surface area contributed by atoms with Gasteiger partial charge < -0.3 is 17.2 Å². The minimum Gasteiger partial charge on any atom is -0.402 e. The van der Waals surface area contributed by atoms with Gasteiger partial charge in [-0.3, -0.25) is 0 Å². The van der Waals surface area contributed by atoms with Gasteiger partial charge in [-0.15, -0.1) is 0 Å². The third kappa shape index (κ3) is 2.48. The molecular formula is C9H11FN4. The molecule has 0 unspecified atom stereocenters. The largest absolute Gasteiger partial charge is 0.402 e. The highest BCUT2D eigenvalue weighted by Crippen LogP contribution is 2.15. The maximum absolute atomic E-state index is 12.8. The average molecular weight is 194 g/mol. The van der Waals surface area contributed by atoms with Gasteiger partial charge in [0.25, 0.3) is 0 Å². The number of nitrogen functional groups attached to an aromatic ring is 1. The Kier molecular flexibility index (Phi) is 3.06. The van der Waals surface area contributed by atoms with Crippen LogP contribution in [0.15, 0.2) is 41.3 Å². The predicted octanol–water partition coefficient (Wildman–Crippen LogP) is 1.03. The van der Waals surface area contributed by atoms with Gasteiger partial charge in [0, 0.05) is 11.9 Å². The van der Waals surface area contributed by atoms with Crippen molar-refractivity contribution in [3.05, 3.63) is 36.3 Å². The molecule has 0 atom stereocenters. The number of hydrogen-bond donors (Lipinski definition) is 3. The van der Waals surface area contributed by atoms with E-state index in [-0.39, 0.29) is 5.84 Å². The quantitative estimate of drug-likeness (QED) is 0.373. The first-order valence-electron chi connectivity index (χ1n) is 3.91. The number of aliphatic imine (C=N–C) groups is 1. The molecule has 5 heteroatoms. The summed E-state index contributed by atoms with van der Waals surface area (Å²) in [5.41, 5.74) is 16.8. The molecule has 74 valence electrons. The fourth-order valence-corrected chi connectivity index (χ4v) is 0.872. The lowest BCUT2D eigenvalue weighted by molar-refractivity contribution is 0.676. The molecule has 6 N–H and O–H groups in total. The van der Waals surface area contributed by atoms with Crippen molar-refractivity contribution in [2.45, 2.75) is 0 Å². The first-order valence-corrected chi connectivity index (χ1v) is 3.91. The van der Waals surface area contributed by atoms with Gasteiger partial charge in [0.1, 0.15) is 0 Å². The van der Waals surface area contributed by atoms with E-state index in [1.165, 1.54) is 0 Å². The fourth-order valence-electron chi connectivity index (χ4n) is 0.872. The van der Waals surface area contributed by atoms with Crippen LogP contribution in [0.2, 0.25) is 0 Å². The number of nitrogens with two attached hydrogens (primary N) is 3. The summed E-state index contributed by atoms with van der Waals surface area (Å²) >= 11 is 0. The van der Waals surface area contributed by atoms with Gasteiger partial charge >= 0.3 is 0 Å². The summed E-state index contributed by atoms with van der Waals surface area (Å²) < 4.78 is 12.8. The van der Waals surface area contributed by atoms with Gasteiger partial charge in [0.05, 0.1) is 5.69 Å². The molecule has 0 bridgehead atoms. The number of benzene rings is 1. The normalized spacial score (nSPS) is 12.9. The molecular weight excluding hydrogens is 183 g/mol. The van der Waals surface area contributed by atoms with E-state index in [0.29, 0.717) is 11.4 Å². The molecule has 0 radical (unpaired) electrons. The Morgan fingerprint density at radius 3 is 2.71 bits per heavy atom. The van der Waals surface area contributed by atoms with E-state index in [0.717, 1.165) is 6.20 Å². The van der Waals surface area contributed by atoms with Crippen LogP contribution in [0, 0.1) is 0 Å². The van der Waals surface area contributed by atoms with Gasteiger partial charge in [0.15, 0.2) is 11.7 Å². The lowest BCUT2D eigenvalue weighted by Gasteiger charge is -1.98. The summed E-state index contributed by atoms with van der Waals surface area (Å²) in [6, 6.07) is 6.64. The zero-order valence-electron chi connectivity index (χ0n) is 7.44. The van der Waals surface area contributed by atoms with Crippen LogP contribution in [0.5, 0.6) is 0 Å². The van der Waals surface area contributed by atoms with Crippen LogP contribution in [-0.2, 0) is 0 Å². The maximum atomic E-state index is 12.8. The Hall–Kier alpha value is -2.04. The minimum absolute atomic E-state index is 0.266. The zero-order chi connectivity index (χ0) is 10.6. The van der Waals surface area contributed by atoms with Gasteiger partial charge in [-0.05, 0) is 18.2 Å². The summed E-state index contributed by atoms with van der Waals surface area (Å²) in [7, 11) is 0. The van der Waals surface area contributed by atoms with Crippen molar-refractivity contribution in [2.24, 2.45) is 16.5 Å². The topological polar surface area (TPSA) is 90.4 Å². The molecule has 4 nitrogen and oxygen atoms in total.